The van der Waals surface area contributed by atoms with E-state index in [4.69, 9.17) is 14.2 Å². The number of hydrogen-bond donors (Lipinski definition) is 2. The number of nitrogens with one attached hydrogen (secondary N) is 2. The van der Waals surface area contributed by atoms with Crippen molar-refractivity contribution < 1.29 is 23.8 Å². The van der Waals surface area contributed by atoms with Crippen molar-refractivity contribution in [2.45, 2.75) is 32.9 Å². The van der Waals surface area contributed by atoms with Gasteiger partial charge in [0.2, 0.25) is 6.79 Å². The Labute approximate surface area is 135 Å². The smallest absolute Gasteiger partial charge is 0.328 e. The number of ether oxygens (including phenoxy) is 3. The summed E-state index contributed by atoms with van der Waals surface area (Å²) in [4.78, 5) is 23.8. The average molecular weight is 322 g/mol. The predicted molar refractivity (Wildman–Crippen MR) is 83.2 cm³/mol. The minimum atomic E-state index is -0.665. The standard InChI is InChI=1S/C16H22N2O5/c1-4-10(2)14(15(19)21-3)18-16(20)17-8-11-5-6-12-13(7-11)23-9-22-12/h5-7,10,14H,4,8-9H2,1-3H3,(H2,17,18,20)/t10-,14+/m1/s1. The molecule has 0 unspecified atom stereocenters. The van der Waals surface area contributed by atoms with E-state index in [9.17, 15) is 9.59 Å². The molecule has 126 valence electrons. The largest absolute Gasteiger partial charge is 0.467 e. The highest BCUT2D eigenvalue weighted by Gasteiger charge is 2.26. The fourth-order valence-corrected chi connectivity index (χ4v) is 2.22. The Kier molecular flexibility index (Phi) is 5.67. The highest BCUT2D eigenvalue weighted by atomic mass is 16.7. The van der Waals surface area contributed by atoms with E-state index in [1.54, 1.807) is 6.07 Å². The second kappa shape index (κ2) is 7.71. The Balaban J connectivity index is 1.89. The zero-order valence-electron chi connectivity index (χ0n) is 13.5. The molecule has 0 saturated carbocycles. The van der Waals surface area contributed by atoms with Crippen LogP contribution in [-0.2, 0) is 16.1 Å². The van der Waals surface area contributed by atoms with E-state index < -0.39 is 18.0 Å². The molecule has 23 heavy (non-hydrogen) atoms. The van der Waals surface area contributed by atoms with Crippen LogP contribution in [-0.4, -0.2) is 31.9 Å². The van der Waals surface area contributed by atoms with Gasteiger partial charge in [-0.1, -0.05) is 26.3 Å². The number of benzene rings is 1. The van der Waals surface area contributed by atoms with Crippen molar-refractivity contribution in [3.05, 3.63) is 23.8 Å². The Morgan fingerprint density at radius 1 is 1.30 bits per heavy atom. The van der Waals surface area contributed by atoms with Gasteiger partial charge in [0.05, 0.1) is 7.11 Å². The number of amides is 2. The summed E-state index contributed by atoms with van der Waals surface area (Å²) in [5.41, 5.74) is 0.877. The number of rotatable bonds is 6. The fraction of sp³-hybridized carbons (Fsp3) is 0.500. The van der Waals surface area contributed by atoms with Crippen LogP contribution in [0.2, 0.25) is 0 Å². The lowest BCUT2D eigenvalue weighted by Gasteiger charge is -2.22. The molecule has 2 N–H and O–H groups in total. The summed E-state index contributed by atoms with van der Waals surface area (Å²) in [6, 6.07) is 4.38. The first-order valence-corrected chi connectivity index (χ1v) is 7.55. The first-order chi connectivity index (χ1) is 11.0. The molecule has 1 aliphatic heterocycles. The molecular formula is C16H22N2O5. The van der Waals surface area contributed by atoms with Crippen molar-refractivity contribution in [2.24, 2.45) is 5.92 Å². The first-order valence-electron chi connectivity index (χ1n) is 7.55. The Hall–Kier alpha value is -2.44. The van der Waals surface area contributed by atoms with Crippen LogP contribution in [0.25, 0.3) is 0 Å². The van der Waals surface area contributed by atoms with Gasteiger partial charge in [0.25, 0.3) is 0 Å². The van der Waals surface area contributed by atoms with Gasteiger partial charge in [0.15, 0.2) is 11.5 Å². The number of carbonyl (C=O) groups is 2. The number of fused-ring (bicyclic) bond motifs is 1. The zero-order chi connectivity index (χ0) is 16.8. The van der Waals surface area contributed by atoms with E-state index in [0.717, 1.165) is 12.0 Å². The van der Waals surface area contributed by atoms with Crippen molar-refractivity contribution in [3.8, 4) is 11.5 Å². The first kappa shape index (κ1) is 16.9. The third-order valence-electron chi connectivity index (χ3n) is 3.84. The second-order valence-corrected chi connectivity index (χ2v) is 5.40. The highest BCUT2D eigenvalue weighted by molar-refractivity contribution is 5.83. The molecule has 1 heterocycles. The summed E-state index contributed by atoms with van der Waals surface area (Å²) in [5, 5.41) is 5.38. The van der Waals surface area contributed by atoms with Gasteiger partial charge >= 0.3 is 12.0 Å². The molecule has 7 heteroatoms. The molecule has 7 nitrogen and oxygen atoms in total. The molecule has 2 rings (SSSR count). The van der Waals surface area contributed by atoms with Crippen LogP contribution in [0, 0.1) is 5.92 Å². The molecule has 2 amide bonds. The molecule has 0 aromatic heterocycles. The molecular weight excluding hydrogens is 300 g/mol. The predicted octanol–water partition coefficient (Wildman–Crippen LogP) is 1.80. The maximum Gasteiger partial charge on any atom is 0.328 e. The molecule has 0 fully saturated rings. The lowest BCUT2D eigenvalue weighted by atomic mass is 9.99. The molecule has 1 aromatic rings. The summed E-state index contributed by atoms with van der Waals surface area (Å²) >= 11 is 0. The van der Waals surface area contributed by atoms with Crippen LogP contribution in [0.5, 0.6) is 11.5 Å². The van der Waals surface area contributed by atoms with Gasteiger partial charge in [0, 0.05) is 6.54 Å². The van der Waals surface area contributed by atoms with Crippen molar-refractivity contribution >= 4 is 12.0 Å². The molecule has 0 saturated heterocycles. The molecule has 1 aromatic carbocycles. The summed E-state index contributed by atoms with van der Waals surface area (Å²) in [5.74, 6) is 0.897. The van der Waals surface area contributed by atoms with Crippen LogP contribution in [0.3, 0.4) is 0 Å². The van der Waals surface area contributed by atoms with E-state index >= 15 is 0 Å². The Bertz CT molecular complexity index is 576. The number of hydrogen-bond acceptors (Lipinski definition) is 5. The molecule has 0 bridgehead atoms. The van der Waals surface area contributed by atoms with E-state index in [-0.39, 0.29) is 12.7 Å². The van der Waals surface area contributed by atoms with Crippen LogP contribution >= 0.6 is 0 Å². The molecule has 2 atom stereocenters. The normalized spacial score (nSPS) is 14.7. The number of esters is 1. The van der Waals surface area contributed by atoms with Crippen LogP contribution in [0.4, 0.5) is 4.79 Å². The second-order valence-electron chi connectivity index (χ2n) is 5.40. The van der Waals surface area contributed by atoms with Crippen molar-refractivity contribution in [3.63, 3.8) is 0 Å². The number of carbonyl (C=O) groups excluding carboxylic acids is 2. The summed E-state index contributed by atoms with van der Waals surface area (Å²) in [6.07, 6.45) is 0.752. The van der Waals surface area contributed by atoms with Gasteiger partial charge in [-0.25, -0.2) is 9.59 Å². The molecule has 0 radical (unpaired) electrons. The van der Waals surface area contributed by atoms with Gasteiger partial charge in [-0.15, -0.1) is 0 Å². The van der Waals surface area contributed by atoms with Gasteiger partial charge < -0.3 is 24.8 Å². The quantitative estimate of drug-likeness (QED) is 0.780. The van der Waals surface area contributed by atoms with Crippen LogP contribution < -0.4 is 20.1 Å². The Morgan fingerprint density at radius 2 is 2.04 bits per heavy atom. The third kappa shape index (κ3) is 4.28. The average Bonchev–Trinajstić information content (AvgIpc) is 3.04. The van der Waals surface area contributed by atoms with Crippen molar-refractivity contribution in [1.29, 1.82) is 0 Å². The summed E-state index contributed by atoms with van der Waals surface area (Å²) in [7, 11) is 1.31. The van der Waals surface area contributed by atoms with Gasteiger partial charge in [0.1, 0.15) is 6.04 Å². The number of methoxy groups -OCH3 is 1. The zero-order valence-corrected chi connectivity index (χ0v) is 13.5. The maximum atomic E-state index is 12.0. The lowest BCUT2D eigenvalue weighted by Crippen LogP contribution is -2.49. The minimum Gasteiger partial charge on any atom is -0.467 e. The lowest BCUT2D eigenvalue weighted by molar-refractivity contribution is -0.144. The van der Waals surface area contributed by atoms with E-state index in [1.165, 1.54) is 7.11 Å². The fourth-order valence-electron chi connectivity index (χ4n) is 2.22. The monoisotopic (exact) mass is 322 g/mol. The minimum absolute atomic E-state index is 0.0151. The van der Waals surface area contributed by atoms with E-state index in [2.05, 4.69) is 10.6 Å². The van der Waals surface area contributed by atoms with Gasteiger partial charge in [-0.05, 0) is 23.6 Å². The topological polar surface area (TPSA) is 85.9 Å². The van der Waals surface area contributed by atoms with Crippen molar-refractivity contribution in [2.75, 3.05) is 13.9 Å². The van der Waals surface area contributed by atoms with Crippen LogP contribution in [0.1, 0.15) is 25.8 Å². The molecule has 0 spiro atoms. The summed E-state index contributed by atoms with van der Waals surface area (Å²) < 4.78 is 15.3. The van der Waals surface area contributed by atoms with E-state index in [0.29, 0.717) is 18.0 Å². The Morgan fingerprint density at radius 3 is 2.74 bits per heavy atom. The van der Waals surface area contributed by atoms with E-state index in [1.807, 2.05) is 26.0 Å². The molecule has 0 aliphatic carbocycles. The summed E-state index contributed by atoms with van der Waals surface area (Å²) in [6.45, 7) is 4.37. The number of urea groups is 1. The van der Waals surface area contributed by atoms with Crippen LogP contribution in [0.15, 0.2) is 18.2 Å². The highest BCUT2D eigenvalue weighted by Crippen LogP contribution is 2.32. The SMILES string of the molecule is CC[C@@H](C)[C@H](NC(=O)NCc1ccc2c(c1)OCO2)C(=O)OC. The molecule has 1 aliphatic rings. The van der Waals surface area contributed by atoms with Crippen molar-refractivity contribution in [1.82, 2.24) is 10.6 Å². The van der Waals surface area contributed by atoms with Gasteiger partial charge in [-0.3, -0.25) is 0 Å². The maximum absolute atomic E-state index is 12.0. The third-order valence-corrected chi connectivity index (χ3v) is 3.84. The van der Waals surface area contributed by atoms with Gasteiger partial charge in [-0.2, -0.15) is 0 Å².